The van der Waals surface area contributed by atoms with Crippen LogP contribution in [-0.2, 0) is 4.79 Å². The molecular formula is C14H21N3O2S. The average molecular weight is 295 g/mol. The number of carbonyl (C=O) groups is 2. The number of nitrogens with two attached hydrogens (primary N) is 1. The fourth-order valence-electron chi connectivity index (χ4n) is 1.61. The summed E-state index contributed by atoms with van der Waals surface area (Å²) in [5.74, 6) is 0.454. The summed E-state index contributed by atoms with van der Waals surface area (Å²) in [7, 11) is 0. The Balaban J connectivity index is 2.66. The van der Waals surface area contributed by atoms with Crippen LogP contribution in [0.2, 0.25) is 0 Å². The molecule has 110 valence electrons. The maximum absolute atomic E-state index is 11.9. The number of benzene rings is 1. The lowest BCUT2D eigenvalue weighted by molar-refractivity contribution is -0.117. The van der Waals surface area contributed by atoms with Crippen LogP contribution in [0.1, 0.15) is 23.7 Å². The van der Waals surface area contributed by atoms with Crippen LogP contribution in [0.5, 0.6) is 0 Å². The van der Waals surface area contributed by atoms with Gasteiger partial charge in [-0.2, -0.15) is 11.8 Å². The van der Waals surface area contributed by atoms with E-state index >= 15 is 0 Å². The van der Waals surface area contributed by atoms with Gasteiger partial charge in [-0.15, -0.1) is 0 Å². The van der Waals surface area contributed by atoms with E-state index < -0.39 is 6.04 Å². The summed E-state index contributed by atoms with van der Waals surface area (Å²) in [5, 5.41) is 5.45. The Morgan fingerprint density at radius 1 is 1.40 bits per heavy atom. The molecule has 0 radical (unpaired) electrons. The van der Waals surface area contributed by atoms with E-state index in [0.29, 0.717) is 24.2 Å². The third-order valence-corrected chi connectivity index (χ3v) is 3.34. The highest BCUT2D eigenvalue weighted by molar-refractivity contribution is 7.98. The van der Waals surface area contributed by atoms with Crippen molar-refractivity contribution in [2.45, 2.75) is 19.4 Å². The minimum Gasteiger partial charge on any atom is -0.352 e. The van der Waals surface area contributed by atoms with Crippen LogP contribution < -0.4 is 16.4 Å². The SMILES string of the molecule is CCNC(=O)c1cccc(NC(=O)[C@H](N)CCSC)c1. The van der Waals surface area contributed by atoms with Crippen LogP contribution in [0, 0.1) is 0 Å². The van der Waals surface area contributed by atoms with E-state index in [0.717, 1.165) is 5.75 Å². The van der Waals surface area contributed by atoms with Gasteiger partial charge in [-0.25, -0.2) is 0 Å². The molecule has 0 aliphatic rings. The third-order valence-electron chi connectivity index (χ3n) is 2.70. The van der Waals surface area contributed by atoms with Crippen molar-refractivity contribution < 1.29 is 9.59 Å². The number of nitrogens with one attached hydrogen (secondary N) is 2. The smallest absolute Gasteiger partial charge is 0.251 e. The molecular weight excluding hydrogens is 274 g/mol. The van der Waals surface area contributed by atoms with Crippen LogP contribution >= 0.6 is 11.8 Å². The lowest BCUT2D eigenvalue weighted by Crippen LogP contribution is -2.36. The summed E-state index contributed by atoms with van der Waals surface area (Å²) in [6.45, 7) is 2.42. The summed E-state index contributed by atoms with van der Waals surface area (Å²) in [6, 6.07) is 6.28. The average Bonchev–Trinajstić information content (AvgIpc) is 2.45. The lowest BCUT2D eigenvalue weighted by atomic mass is 10.1. The van der Waals surface area contributed by atoms with Crippen molar-refractivity contribution in [2.75, 3.05) is 23.9 Å². The first-order valence-electron chi connectivity index (χ1n) is 6.52. The second kappa shape index (κ2) is 8.60. The molecule has 0 aliphatic carbocycles. The zero-order valence-corrected chi connectivity index (χ0v) is 12.6. The number of carbonyl (C=O) groups excluding carboxylic acids is 2. The molecule has 1 aromatic rings. The first-order chi connectivity index (χ1) is 9.58. The highest BCUT2D eigenvalue weighted by Crippen LogP contribution is 2.11. The monoisotopic (exact) mass is 295 g/mol. The fraction of sp³-hybridized carbons (Fsp3) is 0.429. The predicted molar refractivity (Wildman–Crippen MR) is 84.1 cm³/mol. The molecule has 0 spiro atoms. The summed E-state index contributed by atoms with van der Waals surface area (Å²) < 4.78 is 0. The van der Waals surface area contributed by atoms with E-state index in [2.05, 4.69) is 10.6 Å². The van der Waals surface area contributed by atoms with Gasteiger partial charge < -0.3 is 16.4 Å². The molecule has 1 rings (SSSR count). The largest absolute Gasteiger partial charge is 0.352 e. The fourth-order valence-corrected chi connectivity index (χ4v) is 2.10. The number of thioether (sulfide) groups is 1. The minimum absolute atomic E-state index is 0.157. The molecule has 1 aromatic carbocycles. The molecule has 0 heterocycles. The molecule has 0 aliphatic heterocycles. The van der Waals surface area contributed by atoms with Gasteiger partial charge in [0, 0.05) is 17.8 Å². The van der Waals surface area contributed by atoms with E-state index in [-0.39, 0.29) is 11.8 Å². The van der Waals surface area contributed by atoms with Crippen LogP contribution in [0.15, 0.2) is 24.3 Å². The number of hydrogen-bond acceptors (Lipinski definition) is 4. The van der Waals surface area contributed by atoms with Crippen molar-refractivity contribution in [2.24, 2.45) is 5.73 Å². The standard InChI is InChI=1S/C14H21N3O2S/c1-3-16-13(18)10-5-4-6-11(9-10)17-14(19)12(15)7-8-20-2/h4-6,9,12H,3,7-8,15H2,1-2H3,(H,16,18)(H,17,19)/t12-/m1/s1. The van der Waals surface area contributed by atoms with Crippen molar-refractivity contribution in [1.82, 2.24) is 5.32 Å². The minimum atomic E-state index is -0.532. The van der Waals surface area contributed by atoms with Gasteiger partial charge in [0.25, 0.3) is 5.91 Å². The molecule has 4 N–H and O–H groups in total. The van der Waals surface area contributed by atoms with E-state index in [1.165, 1.54) is 0 Å². The molecule has 0 bridgehead atoms. The molecule has 0 fully saturated rings. The molecule has 0 unspecified atom stereocenters. The van der Waals surface area contributed by atoms with Crippen molar-refractivity contribution in [3.05, 3.63) is 29.8 Å². The van der Waals surface area contributed by atoms with Crippen molar-refractivity contribution >= 4 is 29.3 Å². The maximum Gasteiger partial charge on any atom is 0.251 e. The van der Waals surface area contributed by atoms with E-state index in [9.17, 15) is 9.59 Å². The summed E-state index contributed by atoms with van der Waals surface area (Å²) in [4.78, 5) is 23.6. The van der Waals surface area contributed by atoms with E-state index in [1.54, 1.807) is 36.0 Å². The summed E-state index contributed by atoms with van der Waals surface area (Å²) in [5.41, 5.74) is 6.89. The van der Waals surface area contributed by atoms with Crippen LogP contribution in [0.25, 0.3) is 0 Å². The third kappa shape index (κ3) is 5.22. The number of rotatable bonds is 7. The van der Waals surface area contributed by atoms with Gasteiger partial charge in [-0.1, -0.05) is 6.07 Å². The molecule has 2 amide bonds. The van der Waals surface area contributed by atoms with Gasteiger partial charge in [0.15, 0.2) is 0 Å². The Labute approximate surface area is 123 Å². The highest BCUT2D eigenvalue weighted by atomic mass is 32.2. The van der Waals surface area contributed by atoms with Crippen LogP contribution in [0.3, 0.4) is 0 Å². The lowest BCUT2D eigenvalue weighted by Gasteiger charge is -2.12. The first-order valence-corrected chi connectivity index (χ1v) is 7.91. The zero-order valence-electron chi connectivity index (χ0n) is 11.8. The summed E-state index contributed by atoms with van der Waals surface area (Å²) >= 11 is 1.65. The van der Waals surface area contributed by atoms with Crippen molar-refractivity contribution in [1.29, 1.82) is 0 Å². The molecule has 0 saturated heterocycles. The quantitative estimate of drug-likeness (QED) is 0.711. The molecule has 20 heavy (non-hydrogen) atoms. The number of amides is 2. The maximum atomic E-state index is 11.9. The Kier molecular flexibility index (Phi) is 7.11. The molecule has 0 saturated carbocycles. The Hall–Kier alpha value is -1.53. The van der Waals surface area contributed by atoms with Gasteiger partial charge in [-0.05, 0) is 43.6 Å². The highest BCUT2D eigenvalue weighted by Gasteiger charge is 2.13. The van der Waals surface area contributed by atoms with E-state index in [1.807, 2.05) is 13.2 Å². The first kappa shape index (κ1) is 16.5. The number of anilines is 1. The van der Waals surface area contributed by atoms with Crippen LogP contribution in [-0.4, -0.2) is 36.4 Å². The second-order valence-corrected chi connectivity index (χ2v) is 5.30. The summed E-state index contributed by atoms with van der Waals surface area (Å²) in [6.07, 6.45) is 2.60. The zero-order chi connectivity index (χ0) is 15.0. The van der Waals surface area contributed by atoms with Crippen LogP contribution in [0.4, 0.5) is 5.69 Å². The second-order valence-electron chi connectivity index (χ2n) is 4.32. The molecule has 1 atom stereocenters. The van der Waals surface area contributed by atoms with E-state index in [4.69, 9.17) is 5.73 Å². The van der Waals surface area contributed by atoms with Gasteiger partial charge >= 0.3 is 0 Å². The molecule has 5 nitrogen and oxygen atoms in total. The van der Waals surface area contributed by atoms with Gasteiger partial charge in [0.05, 0.1) is 6.04 Å². The van der Waals surface area contributed by atoms with Gasteiger partial charge in [0.2, 0.25) is 5.91 Å². The Bertz CT molecular complexity index is 465. The number of hydrogen-bond donors (Lipinski definition) is 3. The predicted octanol–water partition coefficient (Wildman–Crippen LogP) is 1.46. The van der Waals surface area contributed by atoms with Crippen molar-refractivity contribution in [3.63, 3.8) is 0 Å². The topological polar surface area (TPSA) is 84.2 Å². The molecule has 0 aromatic heterocycles. The van der Waals surface area contributed by atoms with Crippen molar-refractivity contribution in [3.8, 4) is 0 Å². The Morgan fingerprint density at radius 3 is 2.80 bits per heavy atom. The Morgan fingerprint density at radius 2 is 2.15 bits per heavy atom. The molecule has 6 heteroatoms. The van der Waals surface area contributed by atoms with Gasteiger partial charge in [-0.3, -0.25) is 9.59 Å². The van der Waals surface area contributed by atoms with Gasteiger partial charge in [0.1, 0.15) is 0 Å². The normalized spacial score (nSPS) is 11.8.